The van der Waals surface area contributed by atoms with Crippen molar-refractivity contribution in [1.82, 2.24) is 4.31 Å². The van der Waals surface area contributed by atoms with E-state index in [-0.39, 0.29) is 46.8 Å². The smallest absolute Gasteiger partial charge is 0.246 e. The average molecular weight is 486 g/mol. The molecule has 0 N–H and O–H groups in total. The zero-order valence-corrected chi connectivity index (χ0v) is 19.9. The number of halogens is 2. The van der Waals surface area contributed by atoms with Crippen LogP contribution in [0.15, 0.2) is 47.4 Å². The molecule has 0 saturated carbocycles. The first-order valence-corrected chi connectivity index (χ1v) is 12.0. The van der Waals surface area contributed by atoms with Gasteiger partial charge in [-0.25, -0.2) is 8.42 Å². The van der Waals surface area contributed by atoms with E-state index in [1.54, 1.807) is 6.08 Å². The number of alkyl halides is 2. The second-order valence-corrected chi connectivity index (χ2v) is 9.26. The summed E-state index contributed by atoms with van der Waals surface area (Å²) in [5, 5.41) is 0. The minimum atomic E-state index is -4.01. The van der Waals surface area contributed by atoms with Gasteiger partial charge in [-0.15, -0.1) is 23.2 Å². The number of ether oxygens (including phenoxy) is 2. The summed E-state index contributed by atoms with van der Waals surface area (Å²) in [6.07, 6.45) is 3.04. The van der Waals surface area contributed by atoms with Crippen molar-refractivity contribution in [3.63, 3.8) is 0 Å². The van der Waals surface area contributed by atoms with Crippen molar-refractivity contribution in [1.29, 1.82) is 0 Å². The molecule has 2 aromatic rings. The van der Waals surface area contributed by atoms with Crippen LogP contribution < -0.4 is 9.47 Å². The van der Waals surface area contributed by atoms with E-state index in [0.29, 0.717) is 0 Å². The number of rotatable bonds is 11. The van der Waals surface area contributed by atoms with Crippen LogP contribution >= 0.6 is 23.2 Å². The summed E-state index contributed by atoms with van der Waals surface area (Å²) in [7, 11) is -1.27. The van der Waals surface area contributed by atoms with Gasteiger partial charge in [-0.3, -0.25) is 4.79 Å². The van der Waals surface area contributed by atoms with Gasteiger partial charge in [0.2, 0.25) is 10.0 Å². The van der Waals surface area contributed by atoms with E-state index in [1.807, 2.05) is 31.2 Å². The molecule has 0 unspecified atom stereocenters. The van der Waals surface area contributed by atoms with Gasteiger partial charge in [0.1, 0.15) is 16.4 Å². The first kappa shape index (κ1) is 25.2. The molecule has 9 heteroatoms. The van der Waals surface area contributed by atoms with Crippen LogP contribution in [0.4, 0.5) is 0 Å². The summed E-state index contributed by atoms with van der Waals surface area (Å²) >= 11 is 11.5. The highest BCUT2D eigenvalue weighted by molar-refractivity contribution is 7.89. The lowest BCUT2D eigenvalue weighted by Gasteiger charge is -2.22. The molecule has 0 aromatic heterocycles. The van der Waals surface area contributed by atoms with Gasteiger partial charge >= 0.3 is 0 Å². The Morgan fingerprint density at radius 3 is 2.10 bits per heavy atom. The van der Waals surface area contributed by atoms with Crippen molar-refractivity contribution >= 4 is 45.1 Å². The van der Waals surface area contributed by atoms with E-state index in [0.717, 1.165) is 15.4 Å². The topological polar surface area (TPSA) is 72.9 Å². The maximum atomic E-state index is 13.2. The molecule has 0 aliphatic rings. The maximum Gasteiger partial charge on any atom is 0.246 e. The predicted molar refractivity (Wildman–Crippen MR) is 124 cm³/mol. The highest BCUT2D eigenvalue weighted by Crippen LogP contribution is 2.34. The van der Waals surface area contributed by atoms with E-state index in [9.17, 15) is 13.2 Å². The Labute approximate surface area is 193 Å². The molecule has 2 aromatic carbocycles. The highest BCUT2D eigenvalue weighted by Gasteiger charge is 2.29. The van der Waals surface area contributed by atoms with E-state index in [1.165, 1.54) is 32.4 Å². The Bertz CT molecular complexity index is 1030. The number of allylic oxidation sites excluding steroid dienone is 1. The van der Waals surface area contributed by atoms with Crippen molar-refractivity contribution in [2.24, 2.45) is 0 Å². The average Bonchev–Trinajstić information content (AvgIpc) is 2.77. The van der Waals surface area contributed by atoms with Crippen LogP contribution in [0.25, 0.3) is 6.08 Å². The van der Waals surface area contributed by atoms with E-state index < -0.39 is 15.8 Å². The van der Waals surface area contributed by atoms with E-state index >= 15 is 0 Å². The van der Waals surface area contributed by atoms with Gasteiger partial charge in [0, 0.05) is 30.9 Å². The Kier molecular flexibility index (Phi) is 9.37. The highest BCUT2D eigenvalue weighted by atomic mass is 35.5. The molecule has 0 spiro atoms. The third-order valence-electron chi connectivity index (χ3n) is 4.54. The van der Waals surface area contributed by atoms with Gasteiger partial charge in [-0.1, -0.05) is 35.9 Å². The normalized spacial score (nSPS) is 11.8. The summed E-state index contributed by atoms with van der Waals surface area (Å²) in [5.41, 5.74) is 2.05. The molecule has 168 valence electrons. The van der Waals surface area contributed by atoms with Crippen LogP contribution in [0.2, 0.25) is 0 Å². The molecular weight excluding hydrogens is 461 g/mol. The lowest BCUT2D eigenvalue weighted by atomic mass is 10.1. The summed E-state index contributed by atoms with van der Waals surface area (Å²) in [6.45, 7) is 2.12. The molecule has 0 aliphatic heterocycles. The SMILES string of the molecule is COc1cc(OC)c(S(=O)(=O)N(CCCl)CCCl)cc1C(=O)/C=C/c1ccc(C)cc1. The van der Waals surface area contributed by atoms with E-state index in [2.05, 4.69) is 0 Å². The van der Waals surface area contributed by atoms with Crippen LogP contribution in [0, 0.1) is 6.92 Å². The third-order valence-corrected chi connectivity index (χ3v) is 6.80. The summed E-state index contributed by atoms with van der Waals surface area (Å²) in [6, 6.07) is 10.3. The maximum absolute atomic E-state index is 13.2. The van der Waals surface area contributed by atoms with Crippen molar-refractivity contribution in [2.45, 2.75) is 11.8 Å². The number of nitrogens with zero attached hydrogens (tertiary/aromatic N) is 1. The second-order valence-electron chi connectivity index (χ2n) is 6.59. The number of ketones is 1. The Morgan fingerprint density at radius 1 is 1.00 bits per heavy atom. The van der Waals surface area contributed by atoms with E-state index in [4.69, 9.17) is 32.7 Å². The van der Waals surface area contributed by atoms with Gasteiger partial charge in [0.05, 0.1) is 19.8 Å². The lowest BCUT2D eigenvalue weighted by Crippen LogP contribution is -2.34. The zero-order valence-electron chi connectivity index (χ0n) is 17.6. The molecule has 2 rings (SSSR count). The molecule has 0 radical (unpaired) electrons. The number of methoxy groups -OCH3 is 2. The molecular formula is C22H25Cl2NO5S. The fourth-order valence-corrected chi connectivity index (χ4v) is 5.10. The first-order valence-electron chi connectivity index (χ1n) is 9.45. The van der Waals surface area contributed by atoms with Crippen molar-refractivity contribution in [3.8, 4) is 11.5 Å². The number of carbonyl (C=O) groups is 1. The Morgan fingerprint density at radius 2 is 1.58 bits per heavy atom. The predicted octanol–water partition coefficient (Wildman–Crippen LogP) is 4.38. The summed E-state index contributed by atoms with van der Waals surface area (Å²) in [4.78, 5) is 12.8. The zero-order chi connectivity index (χ0) is 23.0. The summed E-state index contributed by atoms with van der Waals surface area (Å²) in [5.74, 6) is 0.0534. The largest absolute Gasteiger partial charge is 0.496 e. The fourth-order valence-electron chi connectivity index (χ4n) is 2.88. The minimum absolute atomic E-state index is 0.0602. The fraction of sp³-hybridized carbons (Fsp3) is 0.318. The molecule has 0 saturated heterocycles. The molecule has 6 nitrogen and oxygen atoms in total. The first-order chi connectivity index (χ1) is 14.8. The molecule has 0 amide bonds. The van der Waals surface area contributed by atoms with Crippen LogP contribution in [0.3, 0.4) is 0 Å². The minimum Gasteiger partial charge on any atom is -0.496 e. The van der Waals surface area contributed by atoms with Crippen molar-refractivity contribution in [3.05, 3.63) is 59.2 Å². The molecule has 31 heavy (non-hydrogen) atoms. The van der Waals surface area contributed by atoms with Gasteiger partial charge < -0.3 is 9.47 Å². The molecule has 0 heterocycles. The molecule has 0 fully saturated rings. The van der Waals surface area contributed by atoms with Crippen molar-refractivity contribution in [2.75, 3.05) is 39.1 Å². The lowest BCUT2D eigenvalue weighted by molar-refractivity contribution is 0.104. The monoisotopic (exact) mass is 485 g/mol. The molecule has 0 atom stereocenters. The molecule has 0 bridgehead atoms. The van der Waals surface area contributed by atoms with Gasteiger partial charge in [-0.2, -0.15) is 4.31 Å². The number of benzene rings is 2. The number of hydrogen-bond acceptors (Lipinski definition) is 5. The second kappa shape index (κ2) is 11.5. The number of sulfonamides is 1. The number of carbonyl (C=O) groups excluding carboxylic acids is 1. The number of aryl methyl sites for hydroxylation is 1. The van der Waals surface area contributed by atoms with Crippen LogP contribution in [0.1, 0.15) is 21.5 Å². The third kappa shape index (κ3) is 6.23. The van der Waals surface area contributed by atoms with Gasteiger partial charge in [-0.05, 0) is 24.6 Å². The quantitative estimate of drug-likeness (QED) is 0.268. The van der Waals surface area contributed by atoms with Gasteiger partial charge in [0.25, 0.3) is 0 Å². The van der Waals surface area contributed by atoms with Gasteiger partial charge in [0.15, 0.2) is 5.78 Å². The summed E-state index contributed by atoms with van der Waals surface area (Å²) < 4.78 is 38.2. The Balaban J connectivity index is 2.53. The number of hydrogen-bond donors (Lipinski definition) is 0. The standard InChI is InChI=1S/C22H25Cl2NO5S/c1-16-4-6-17(7-5-16)8-9-19(26)18-14-22(21(30-3)15-20(18)29-2)31(27,28)25(12-10-23)13-11-24/h4-9,14-15H,10-13H2,1-3H3/b9-8+. The Hall–Kier alpha value is -2.06. The van der Waals surface area contributed by atoms with Crippen molar-refractivity contribution < 1.29 is 22.7 Å². The van der Waals surface area contributed by atoms with Crippen LogP contribution in [-0.4, -0.2) is 57.6 Å². The molecule has 0 aliphatic carbocycles. The van der Waals surface area contributed by atoms with Crippen LogP contribution in [-0.2, 0) is 10.0 Å². The van der Waals surface area contributed by atoms with Crippen LogP contribution in [0.5, 0.6) is 11.5 Å².